The molecule has 1 rings (SSSR count). The van der Waals surface area contributed by atoms with Crippen LogP contribution in [0.2, 0.25) is 0 Å². The van der Waals surface area contributed by atoms with E-state index in [2.05, 4.69) is 4.72 Å². The van der Waals surface area contributed by atoms with E-state index in [1.807, 2.05) is 25.7 Å². The van der Waals surface area contributed by atoms with Crippen LogP contribution in [0.25, 0.3) is 0 Å². The van der Waals surface area contributed by atoms with Crippen LogP contribution < -0.4 is 10.5 Å². The second-order valence-electron chi connectivity index (χ2n) is 6.98. The molecule has 1 aliphatic heterocycles. The van der Waals surface area contributed by atoms with Crippen molar-refractivity contribution in [1.82, 2.24) is 9.62 Å². The van der Waals surface area contributed by atoms with Crippen LogP contribution in [-0.2, 0) is 14.8 Å². The van der Waals surface area contributed by atoms with Crippen molar-refractivity contribution >= 4 is 15.9 Å². The molecule has 7 heteroatoms. The maximum atomic E-state index is 12.6. The van der Waals surface area contributed by atoms with Crippen molar-refractivity contribution in [2.75, 3.05) is 19.3 Å². The summed E-state index contributed by atoms with van der Waals surface area (Å²) in [7, 11) is -3.18. The molecule has 1 amide bonds. The molecule has 1 saturated heterocycles. The number of likely N-dealkylation sites (tertiary alicyclic amines) is 1. The lowest BCUT2D eigenvalue weighted by Gasteiger charge is -2.39. The number of rotatable bonds is 5. The lowest BCUT2D eigenvalue weighted by atomic mass is 9.85. The Morgan fingerprint density at radius 2 is 2.00 bits per heavy atom. The fourth-order valence-electron chi connectivity index (χ4n) is 2.55. The smallest absolute Gasteiger partial charge is 0.240 e. The third-order valence-corrected chi connectivity index (χ3v) is 4.68. The Morgan fingerprint density at radius 1 is 1.38 bits per heavy atom. The Hall–Kier alpha value is -0.660. The van der Waals surface area contributed by atoms with E-state index in [4.69, 9.17) is 5.73 Å². The van der Waals surface area contributed by atoms with Gasteiger partial charge in [0.1, 0.15) is 0 Å². The average Bonchev–Trinajstić information content (AvgIpc) is 2.35. The van der Waals surface area contributed by atoms with Gasteiger partial charge in [-0.25, -0.2) is 13.1 Å². The van der Waals surface area contributed by atoms with Gasteiger partial charge in [0.05, 0.1) is 12.3 Å². The van der Waals surface area contributed by atoms with Crippen LogP contribution in [0.3, 0.4) is 0 Å². The minimum absolute atomic E-state index is 0.0217. The van der Waals surface area contributed by atoms with Gasteiger partial charge in [-0.05, 0) is 31.1 Å². The van der Waals surface area contributed by atoms with Crippen molar-refractivity contribution < 1.29 is 13.2 Å². The quantitative estimate of drug-likeness (QED) is 0.779. The minimum Gasteiger partial charge on any atom is -0.338 e. The summed E-state index contributed by atoms with van der Waals surface area (Å²) in [6, 6.07) is -0.449. The molecule has 1 aliphatic rings. The van der Waals surface area contributed by atoms with Gasteiger partial charge in [-0.3, -0.25) is 4.79 Å². The molecule has 0 aromatic carbocycles. The third-order valence-electron chi connectivity index (χ3n) is 3.95. The molecular weight excluding hydrogens is 290 g/mol. The maximum Gasteiger partial charge on any atom is 0.240 e. The molecule has 0 spiro atoms. The highest BCUT2D eigenvalue weighted by atomic mass is 32.2. The lowest BCUT2D eigenvalue weighted by Crippen LogP contribution is -2.55. The number of hydrogen-bond donors (Lipinski definition) is 2. The standard InChI is InChI=1S/C14H29N3O3S/c1-14(2,3)12(15)13(18)17-10-6-5-7-11(17)8-9-16-21(4,19)20/h11-12,16H,5-10,15H2,1-4H3/t11?,12-/m1/s1. The van der Waals surface area contributed by atoms with Gasteiger partial charge in [0, 0.05) is 19.1 Å². The van der Waals surface area contributed by atoms with Crippen LogP contribution in [0.4, 0.5) is 0 Å². The van der Waals surface area contributed by atoms with E-state index < -0.39 is 16.1 Å². The summed E-state index contributed by atoms with van der Waals surface area (Å²) in [5.74, 6) is -0.0217. The van der Waals surface area contributed by atoms with E-state index >= 15 is 0 Å². The van der Waals surface area contributed by atoms with E-state index in [-0.39, 0.29) is 17.4 Å². The molecule has 1 heterocycles. The molecule has 2 atom stereocenters. The van der Waals surface area contributed by atoms with Gasteiger partial charge in [0.15, 0.2) is 0 Å². The van der Waals surface area contributed by atoms with E-state index in [0.717, 1.165) is 25.5 Å². The van der Waals surface area contributed by atoms with Crippen molar-refractivity contribution in [1.29, 1.82) is 0 Å². The zero-order valence-electron chi connectivity index (χ0n) is 13.6. The van der Waals surface area contributed by atoms with Crippen molar-refractivity contribution in [2.45, 2.75) is 58.5 Å². The van der Waals surface area contributed by atoms with Crippen LogP contribution in [0.15, 0.2) is 0 Å². The molecule has 0 aliphatic carbocycles. The van der Waals surface area contributed by atoms with Crippen LogP contribution in [0.1, 0.15) is 46.5 Å². The van der Waals surface area contributed by atoms with E-state index in [1.165, 1.54) is 0 Å². The topological polar surface area (TPSA) is 92.5 Å². The number of carbonyl (C=O) groups is 1. The molecule has 6 nitrogen and oxygen atoms in total. The van der Waals surface area contributed by atoms with Gasteiger partial charge in [-0.1, -0.05) is 20.8 Å². The largest absolute Gasteiger partial charge is 0.338 e. The van der Waals surface area contributed by atoms with Gasteiger partial charge in [0.25, 0.3) is 0 Å². The molecule has 0 aromatic rings. The van der Waals surface area contributed by atoms with Gasteiger partial charge >= 0.3 is 0 Å². The summed E-state index contributed by atoms with van der Waals surface area (Å²) >= 11 is 0. The molecule has 0 radical (unpaired) electrons. The SMILES string of the molecule is CC(C)(C)[C@H](N)C(=O)N1CCCCC1CCNS(C)(=O)=O. The molecule has 21 heavy (non-hydrogen) atoms. The molecule has 0 saturated carbocycles. The third kappa shape index (κ3) is 5.92. The fraction of sp³-hybridized carbons (Fsp3) is 0.929. The summed E-state index contributed by atoms with van der Waals surface area (Å²) < 4.78 is 24.7. The second kappa shape index (κ2) is 7.07. The highest BCUT2D eigenvalue weighted by Crippen LogP contribution is 2.25. The maximum absolute atomic E-state index is 12.6. The van der Waals surface area contributed by atoms with Crippen LogP contribution >= 0.6 is 0 Å². The normalized spacial score (nSPS) is 22.1. The fourth-order valence-corrected chi connectivity index (χ4v) is 3.04. The Balaban J connectivity index is 2.67. The number of nitrogens with zero attached hydrogens (tertiary/aromatic N) is 1. The van der Waals surface area contributed by atoms with Gasteiger partial charge in [-0.2, -0.15) is 0 Å². The molecule has 3 N–H and O–H groups in total. The number of nitrogens with one attached hydrogen (secondary N) is 1. The van der Waals surface area contributed by atoms with Crippen molar-refractivity contribution in [2.24, 2.45) is 11.1 Å². The summed E-state index contributed by atoms with van der Waals surface area (Å²) in [5, 5.41) is 0. The zero-order chi connectivity index (χ0) is 16.3. The number of nitrogens with two attached hydrogens (primary N) is 1. The summed E-state index contributed by atoms with van der Waals surface area (Å²) in [4.78, 5) is 14.4. The van der Waals surface area contributed by atoms with Crippen molar-refractivity contribution in [3.63, 3.8) is 0 Å². The van der Waals surface area contributed by atoms with Gasteiger partial charge in [-0.15, -0.1) is 0 Å². The van der Waals surface area contributed by atoms with E-state index in [1.54, 1.807) is 0 Å². The summed E-state index contributed by atoms with van der Waals surface area (Å²) in [6.45, 7) is 6.95. The first-order valence-electron chi connectivity index (χ1n) is 7.53. The lowest BCUT2D eigenvalue weighted by molar-refractivity contribution is -0.138. The number of hydrogen-bond acceptors (Lipinski definition) is 4. The van der Waals surface area contributed by atoms with E-state index in [0.29, 0.717) is 19.5 Å². The summed E-state index contributed by atoms with van der Waals surface area (Å²) in [6.07, 6.45) is 4.74. The van der Waals surface area contributed by atoms with Crippen LogP contribution in [-0.4, -0.2) is 50.7 Å². The van der Waals surface area contributed by atoms with Crippen LogP contribution in [0, 0.1) is 5.41 Å². The average molecular weight is 319 g/mol. The Morgan fingerprint density at radius 3 is 2.52 bits per heavy atom. The van der Waals surface area contributed by atoms with Gasteiger partial charge < -0.3 is 10.6 Å². The summed E-state index contributed by atoms with van der Waals surface area (Å²) in [5.41, 5.74) is 5.81. The monoisotopic (exact) mass is 319 g/mol. The number of sulfonamides is 1. The van der Waals surface area contributed by atoms with Crippen molar-refractivity contribution in [3.05, 3.63) is 0 Å². The minimum atomic E-state index is -3.18. The Labute approximate surface area is 128 Å². The molecule has 0 aromatic heterocycles. The molecule has 0 bridgehead atoms. The van der Waals surface area contributed by atoms with Gasteiger partial charge in [0.2, 0.25) is 15.9 Å². The Kier molecular flexibility index (Phi) is 6.19. The predicted molar refractivity (Wildman–Crippen MR) is 84.2 cm³/mol. The first-order chi connectivity index (χ1) is 9.52. The van der Waals surface area contributed by atoms with E-state index in [9.17, 15) is 13.2 Å². The molecule has 124 valence electrons. The second-order valence-corrected chi connectivity index (χ2v) is 8.81. The number of piperidine rings is 1. The Bertz CT molecular complexity index is 457. The van der Waals surface area contributed by atoms with Crippen molar-refractivity contribution in [3.8, 4) is 0 Å². The zero-order valence-corrected chi connectivity index (χ0v) is 14.4. The highest BCUT2D eigenvalue weighted by molar-refractivity contribution is 7.88. The predicted octanol–water partition coefficient (Wildman–Crippen LogP) is 0.680. The number of amides is 1. The molecular formula is C14H29N3O3S. The number of carbonyl (C=O) groups excluding carboxylic acids is 1. The first kappa shape index (κ1) is 18.4. The first-order valence-corrected chi connectivity index (χ1v) is 9.42. The van der Waals surface area contributed by atoms with Crippen LogP contribution in [0.5, 0.6) is 0 Å². The highest BCUT2D eigenvalue weighted by Gasteiger charge is 2.35. The molecule has 1 unspecified atom stereocenters. The molecule has 1 fully saturated rings.